The van der Waals surface area contributed by atoms with E-state index in [0.717, 1.165) is 27.3 Å². The first-order valence-corrected chi connectivity index (χ1v) is 14.6. The number of hydrogen-bond donors (Lipinski definition) is 1. The molecule has 0 aliphatic rings. The molecule has 2 amide bonds. The fourth-order valence-electron chi connectivity index (χ4n) is 4.07. The van der Waals surface area contributed by atoms with Gasteiger partial charge in [-0.3, -0.25) is 13.9 Å². The maximum atomic E-state index is 14.0. The van der Waals surface area contributed by atoms with Crippen molar-refractivity contribution in [2.75, 3.05) is 17.1 Å². The Hall–Kier alpha value is -3.36. The molecule has 9 heteroatoms. The quantitative estimate of drug-likeness (QED) is 0.375. The van der Waals surface area contributed by atoms with E-state index >= 15 is 0 Å². The van der Waals surface area contributed by atoms with Crippen LogP contribution >= 0.6 is 11.6 Å². The molecular formula is C29H34ClN3O4S. The minimum absolute atomic E-state index is 0.134. The number of hydrogen-bond acceptors (Lipinski definition) is 4. The number of halogens is 1. The molecule has 0 saturated heterocycles. The molecule has 0 bridgehead atoms. The van der Waals surface area contributed by atoms with Gasteiger partial charge < -0.3 is 10.2 Å². The van der Waals surface area contributed by atoms with Crippen LogP contribution in [0.4, 0.5) is 5.69 Å². The van der Waals surface area contributed by atoms with Gasteiger partial charge in [0.05, 0.1) is 11.9 Å². The predicted molar refractivity (Wildman–Crippen MR) is 153 cm³/mol. The number of nitrogens with one attached hydrogen (secondary N) is 1. The van der Waals surface area contributed by atoms with Crippen LogP contribution in [-0.2, 0) is 32.6 Å². The number of amides is 2. The summed E-state index contributed by atoms with van der Waals surface area (Å²) in [5.74, 6) is -0.812. The van der Waals surface area contributed by atoms with Crippen LogP contribution in [-0.4, -0.2) is 50.0 Å². The fraction of sp³-hybridized carbons (Fsp3) is 0.310. The van der Waals surface area contributed by atoms with E-state index in [1.807, 2.05) is 81.4 Å². The van der Waals surface area contributed by atoms with Gasteiger partial charge in [-0.15, -0.1) is 0 Å². The maximum Gasteiger partial charge on any atom is 0.244 e. The Balaban J connectivity index is 2.04. The van der Waals surface area contributed by atoms with Gasteiger partial charge in [0.15, 0.2) is 0 Å². The summed E-state index contributed by atoms with van der Waals surface area (Å²) >= 11 is 6.28. The van der Waals surface area contributed by atoms with Crippen molar-refractivity contribution in [2.24, 2.45) is 0 Å². The second-order valence-corrected chi connectivity index (χ2v) is 11.9. The van der Waals surface area contributed by atoms with Crippen molar-refractivity contribution in [2.45, 2.75) is 45.8 Å². The van der Waals surface area contributed by atoms with E-state index in [1.54, 1.807) is 12.1 Å². The number of carbonyl (C=O) groups is 2. The molecule has 0 aliphatic heterocycles. The summed E-state index contributed by atoms with van der Waals surface area (Å²) in [5.41, 5.74) is 2.77. The number of rotatable bonds is 11. The average molecular weight is 556 g/mol. The van der Waals surface area contributed by atoms with Crippen molar-refractivity contribution < 1.29 is 18.0 Å². The van der Waals surface area contributed by atoms with Crippen molar-refractivity contribution in [3.8, 4) is 0 Å². The summed E-state index contributed by atoms with van der Waals surface area (Å²) in [5, 5.41) is 3.32. The van der Waals surface area contributed by atoms with Crippen LogP contribution in [0.1, 0.15) is 30.5 Å². The molecule has 0 aliphatic carbocycles. The molecule has 0 unspecified atom stereocenters. The van der Waals surface area contributed by atoms with E-state index in [0.29, 0.717) is 5.02 Å². The van der Waals surface area contributed by atoms with Gasteiger partial charge >= 0.3 is 0 Å². The topological polar surface area (TPSA) is 86.8 Å². The highest BCUT2D eigenvalue weighted by Gasteiger charge is 2.33. The molecule has 38 heavy (non-hydrogen) atoms. The van der Waals surface area contributed by atoms with E-state index in [4.69, 9.17) is 11.6 Å². The lowest BCUT2D eigenvalue weighted by Crippen LogP contribution is -2.54. The largest absolute Gasteiger partial charge is 0.352 e. The summed E-state index contributed by atoms with van der Waals surface area (Å²) in [6, 6.07) is 22.6. The first kappa shape index (κ1) is 29.2. The van der Waals surface area contributed by atoms with E-state index in [2.05, 4.69) is 5.32 Å². The second-order valence-electron chi connectivity index (χ2n) is 9.58. The van der Waals surface area contributed by atoms with Crippen LogP contribution in [0.25, 0.3) is 0 Å². The van der Waals surface area contributed by atoms with Gasteiger partial charge in [-0.2, -0.15) is 0 Å². The first-order valence-electron chi connectivity index (χ1n) is 12.4. The molecule has 0 fully saturated rings. The first-order chi connectivity index (χ1) is 18.0. The van der Waals surface area contributed by atoms with Crippen LogP contribution in [0.3, 0.4) is 0 Å². The lowest BCUT2D eigenvalue weighted by Gasteiger charge is -2.34. The van der Waals surface area contributed by atoms with Crippen LogP contribution in [0.5, 0.6) is 0 Å². The smallest absolute Gasteiger partial charge is 0.244 e. The molecule has 1 atom stereocenters. The van der Waals surface area contributed by atoms with Gasteiger partial charge in [0.25, 0.3) is 0 Å². The molecule has 3 aromatic rings. The molecule has 202 valence electrons. The standard InChI is InChI=1S/C29H34ClN3O4S/c1-21(2)31-29(35)27(17-23-11-7-5-8-12-23)32(19-24-13-9-6-10-14-24)28(34)20-33(38(4,36)37)25-16-15-22(3)26(30)18-25/h5-16,18,21,27H,17,19-20H2,1-4H3,(H,31,35)/t27-/m1/s1. The summed E-state index contributed by atoms with van der Waals surface area (Å²) in [7, 11) is -3.85. The van der Waals surface area contributed by atoms with Crippen LogP contribution in [0, 0.1) is 6.92 Å². The SMILES string of the molecule is Cc1ccc(N(CC(=O)N(Cc2ccccc2)[C@H](Cc2ccccc2)C(=O)NC(C)C)S(C)(=O)=O)cc1Cl. The van der Waals surface area contributed by atoms with Crippen LogP contribution < -0.4 is 9.62 Å². The third-order valence-corrected chi connectivity index (χ3v) is 7.57. The third-order valence-electron chi connectivity index (χ3n) is 6.02. The summed E-state index contributed by atoms with van der Waals surface area (Å²) in [4.78, 5) is 28.9. The minimum Gasteiger partial charge on any atom is -0.352 e. The van der Waals surface area contributed by atoms with Crippen molar-refractivity contribution in [3.05, 3.63) is 101 Å². The zero-order chi connectivity index (χ0) is 27.9. The summed E-state index contributed by atoms with van der Waals surface area (Å²) in [6.45, 7) is 5.17. The molecule has 0 spiro atoms. The lowest BCUT2D eigenvalue weighted by molar-refractivity contribution is -0.140. The highest BCUT2D eigenvalue weighted by molar-refractivity contribution is 7.92. The molecule has 0 aromatic heterocycles. The van der Waals surface area contributed by atoms with Gasteiger partial charge in [-0.25, -0.2) is 8.42 Å². The van der Waals surface area contributed by atoms with E-state index in [-0.39, 0.29) is 30.6 Å². The van der Waals surface area contributed by atoms with Gasteiger partial charge in [-0.1, -0.05) is 78.3 Å². The van der Waals surface area contributed by atoms with Crippen molar-refractivity contribution >= 4 is 39.1 Å². The molecule has 0 heterocycles. The number of benzene rings is 3. The monoisotopic (exact) mass is 555 g/mol. The normalized spacial score (nSPS) is 12.2. The molecule has 0 radical (unpaired) electrons. The Kier molecular flexibility index (Phi) is 9.94. The highest BCUT2D eigenvalue weighted by Crippen LogP contribution is 2.25. The van der Waals surface area contributed by atoms with E-state index < -0.39 is 28.5 Å². The number of anilines is 1. The Bertz CT molecular complexity index is 1350. The molecular weight excluding hydrogens is 522 g/mol. The van der Waals surface area contributed by atoms with E-state index in [9.17, 15) is 18.0 Å². The number of sulfonamides is 1. The van der Waals surface area contributed by atoms with Crippen LogP contribution in [0.2, 0.25) is 5.02 Å². The number of nitrogens with zero attached hydrogens (tertiary/aromatic N) is 2. The van der Waals surface area contributed by atoms with Gasteiger partial charge in [0, 0.05) is 24.0 Å². The van der Waals surface area contributed by atoms with Gasteiger partial charge in [0.2, 0.25) is 21.8 Å². The fourth-order valence-corrected chi connectivity index (χ4v) is 5.08. The number of aryl methyl sites for hydroxylation is 1. The Morgan fingerprint density at radius 1 is 0.921 bits per heavy atom. The average Bonchev–Trinajstić information content (AvgIpc) is 2.86. The zero-order valence-corrected chi connectivity index (χ0v) is 23.7. The number of carbonyl (C=O) groups excluding carboxylic acids is 2. The Morgan fingerprint density at radius 2 is 1.50 bits per heavy atom. The zero-order valence-electron chi connectivity index (χ0n) is 22.1. The predicted octanol–water partition coefficient (Wildman–Crippen LogP) is 4.58. The second kappa shape index (κ2) is 12.9. The summed E-state index contributed by atoms with van der Waals surface area (Å²) in [6.07, 6.45) is 1.32. The molecule has 7 nitrogen and oxygen atoms in total. The summed E-state index contributed by atoms with van der Waals surface area (Å²) < 4.78 is 26.7. The Morgan fingerprint density at radius 3 is 2.03 bits per heavy atom. The molecule has 3 rings (SSSR count). The molecule has 0 saturated carbocycles. The van der Waals surface area contributed by atoms with Crippen molar-refractivity contribution in [3.63, 3.8) is 0 Å². The van der Waals surface area contributed by atoms with Crippen LogP contribution in [0.15, 0.2) is 78.9 Å². The van der Waals surface area contributed by atoms with Crippen molar-refractivity contribution in [1.29, 1.82) is 0 Å². The maximum absolute atomic E-state index is 14.0. The van der Waals surface area contributed by atoms with Crippen molar-refractivity contribution in [1.82, 2.24) is 10.2 Å². The Labute approximate surface area is 230 Å². The van der Waals surface area contributed by atoms with Gasteiger partial charge in [0.1, 0.15) is 12.6 Å². The highest BCUT2D eigenvalue weighted by atomic mass is 35.5. The minimum atomic E-state index is -3.85. The van der Waals surface area contributed by atoms with E-state index in [1.165, 1.54) is 11.0 Å². The van der Waals surface area contributed by atoms with Gasteiger partial charge in [-0.05, 0) is 49.6 Å². The lowest BCUT2D eigenvalue weighted by atomic mass is 10.0. The molecule has 3 aromatic carbocycles. The third kappa shape index (κ3) is 8.07. The molecule has 1 N–H and O–H groups in total.